The van der Waals surface area contributed by atoms with Crippen molar-refractivity contribution in [2.24, 2.45) is 4.99 Å². The van der Waals surface area contributed by atoms with E-state index in [2.05, 4.69) is 58.9 Å². The molecule has 3 heteroatoms. The largest absolute Gasteiger partial charge is 0.298 e. The highest BCUT2D eigenvalue weighted by molar-refractivity contribution is 6.14. The van der Waals surface area contributed by atoms with Crippen molar-refractivity contribution in [2.45, 2.75) is 38.1 Å². The van der Waals surface area contributed by atoms with Crippen molar-refractivity contribution in [3.63, 3.8) is 0 Å². The lowest BCUT2D eigenvalue weighted by Gasteiger charge is -2.42. The standard InChI is InChI=1S/C20H19N3/c1-14-6-4-11-23-17(13-21-19(14)23)18-16-8-3-2-7-15(16)12-20(22-18)9-5-10-20/h2-4,6-8,11,13H,5,9-10,12H2,1H3. The fourth-order valence-corrected chi connectivity index (χ4v) is 3.99. The van der Waals surface area contributed by atoms with Gasteiger partial charge in [0.15, 0.2) is 0 Å². The third kappa shape index (κ3) is 1.83. The van der Waals surface area contributed by atoms with Gasteiger partial charge in [-0.05, 0) is 49.8 Å². The highest BCUT2D eigenvalue weighted by Crippen LogP contribution is 2.43. The Morgan fingerprint density at radius 3 is 2.78 bits per heavy atom. The molecule has 3 aromatic rings. The number of benzene rings is 1. The Bertz CT molecular complexity index is 944. The van der Waals surface area contributed by atoms with E-state index in [9.17, 15) is 0 Å². The first-order valence-electron chi connectivity index (χ1n) is 8.37. The molecular formula is C20H19N3. The van der Waals surface area contributed by atoms with Gasteiger partial charge in [0.2, 0.25) is 0 Å². The van der Waals surface area contributed by atoms with Crippen LogP contribution in [0.25, 0.3) is 5.65 Å². The first-order chi connectivity index (χ1) is 11.3. The fourth-order valence-electron chi connectivity index (χ4n) is 3.99. The smallest absolute Gasteiger partial charge is 0.140 e. The van der Waals surface area contributed by atoms with Gasteiger partial charge >= 0.3 is 0 Å². The SMILES string of the molecule is Cc1cccn2c(C3=NC4(CCC4)Cc4ccccc43)cnc12. The van der Waals surface area contributed by atoms with Crippen molar-refractivity contribution in [2.75, 3.05) is 0 Å². The molecule has 1 spiro atoms. The molecule has 3 nitrogen and oxygen atoms in total. The minimum atomic E-state index is 0.137. The molecule has 0 N–H and O–H groups in total. The third-order valence-corrected chi connectivity index (χ3v) is 5.40. The highest BCUT2D eigenvalue weighted by atomic mass is 15.0. The summed E-state index contributed by atoms with van der Waals surface area (Å²) in [7, 11) is 0. The summed E-state index contributed by atoms with van der Waals surface area (Å²) in [6.45, 7) is 2.11. The van der Waals surface area contributed by atoms with Crippen molar-refractivity contribution in [1.29, 1.82) is 0 Å². The highest BCUT2D eigenvalue weighted by Gasteiger charge is 2.41. The Kier molecular flexibility index (Phi) is 2.58. The number of hydrogen-bond donors (Lipinski definition) is 0. The van der Waals surface area contributed by atoms with Crippen LogP contribution in [-0.4, -0.2) is 20.6 Å². The van der Waals surface area contributed by atoms with E-state index in [4.69, 9.17) is 4.99 Å². The molecule has 5 rings (SSSR count). The molecule has 1 aromatic carbocycles. The number of pyridine rings is 1. The summed E-state index contributed by atoms with van der Waals surface area (Å²) >= 11 is 0. The van der Waals surface area contributed by atoms with Crippen molar-refractivity contribution in [1.82, 2.24) is 9.38 Å². The predicted octanol–water partition coefficient (Wildman–Crippen LogP) is 3.96. The summed E-state index contributed by atoms with van der Waals surface area (Å²) in [5, 5.41) is 0. The van der Waals surface area contributed by atoms with Gasteiger partial charge in [-0.15, -0.1) is 0 Å². The number of fused-ring (bicyclic) bond motifs is 2. The van der Waals surface area contributed by atoms with Crippen LogP contribution in [0.2, 0.25) is 0 Å². The van der Waals surface area contributed by atoms with Crippen LogP contribution >= 0.6 is 0 Å². The summed E-state index contributed by atoms with van der Waals surface area (Å²) < 4.78 is 2.18. The Morgan fingerprint density at radius 1 is 1.09 bits per heavy atom. The lowest BCUT2D eigenvalue weighted by Crippen LogP contribution is -2.41. The quantitative estimate of drug-likeness (QED) is 0.669. The van der Waals surface area contributed by atoms with Gasteiger partial charge in [-0.25, -0.2) is 4.98 Å². The molecule has 0 amide bonds. The number of aromatic nitrogens is 2. The van der Waals surface area contributed by atoms with Gasteiger partial charge < -0.3 is 0 Å². The van der Waals surface area contributed by atoms with Gasteiger partial charge in [-0.1, -0.05) is 30.3 Å². The molecule has 1 fully saturated rings. The van der Waals surface area contributed by atoms with E-state index in [-0.39, 0.29) is 5.54 Å². The van der Waals surface area contributed by atoms with E-state index in [1.54, 1.807) is 0 Å². The summed E-state index contributed by atoms with van der Waals surface area (Å²) in [5.74, 6) is 0. The third-order valence-electron chi connectivity index (χ3n) is 5.40. The van der Waals surface area contributed by atoms with E-state index in [1.807, 2.05) is 6.20 Å². The van der Waals surface area contributed by atoms with Gasteiger partial charge in [-0.2, -0.15) is 0 Å². The zero-order valence-electron chi connectivity index (χ0n) is 13.3. The molecule has 3 heterocycles. The maximum atomic E-state index is 5.24. The van der Waals surface area contributed by atoms with Crippen LogP contribution < -0.4 is 0 Å². The Morgan fingerprint density at radius 2 is 1.96 bits per heavy atom. The van der Waals surface area contributed by atoms with Crippen LogP contribution in [0, 0.1) is 6.92 Å². The molecule has 0 bridgehead atoms. The molecule has 0 unspecified atom stereocenters. The first-order valence-corrected chi connectivity index (χ1v) is 8.37. The van der Waals surface area contributed by atoms with Gasteiger partial charge in [-0.3, -0.25) is 9.39 Å². The van der Waals surface area contributed by atoms with E-state index < -0.39 is 0 Å². The van der Waals surface area contributed by atoms with E-state index in [0.717, 1.165) is 23.5 Å². The topological polar surface area (TPSA) is 29.7 Å². The minimum absolute atomic E-state index is 0.137. The zero-order valence-corrected chi connectivity index (χ0v) is 13.3. The molecule has 1 aliphatic carbocycles. The molecule has 0 saturated heterocycles. The molecule has 0 atom stereocenters. The Labute approximate surface area is 135 Å². The number of aliphatic imine (C=N–C) groups is 1. The van der Waals surface area contributed by atoms with Gasteiger partial charge in [0.1, 0.15) is 5.65 Å². The number of rotatable bonds is 1. The Balaban J connectivity index is 1.77. The van der Waals surface area contributed by atoms with Crippen molar-refractivity contribution in [3.8, 4) is 0 Å². The maximum absolute atomic E-state index is 5.24. The van der Waals surface area contributed by atoms with E-state index in [0.29, 0.717) is 0 Å². The van der Waals surface area contributed by atoms with Crippen LogP contribution in [0.15, 0.2) is 53.8 Å². The minimum Gasteiger partial charge on any atom is -0.298 e. The predicted molar refractivity (Wildman–Crippen MR) is 92.3 cm³/mol. The average Bonchev–Trinajstić information content (AvgIpc) is 2.98. The number of nitrogens with zero attached hydrogens (tertiary/aromatic N) is 3. The van der Waals surface area contributed by atoms with Gasteiger partial charge in [0, 0.05) is 11.8 Å². The second-order valence-corrected chi connectivity index (χ2v) is 6.90. The zero-order chi connectivity index (χ0) is 15.4. The number of hydrogen-bond acceptors (Lipinski definition) is 2. The Hall–Kier alpha value is -2.42. The van der Waals surface area contributed by atoms with E-state index in [1.165, 1.54) is 36.0 Å². The number of aryl methyl sites for hydroxylation is 1. The molecular weight excluding hydrogens is 282 g/mol. The summed E-state index contributed by atoms with van der Waals surface area (Å²) in [6, 6.07) is 12.9. The fraction of sp³-hybridized carbons (Fsp3) is 0.300. The van der Waals surface area contributed by atoms with Crippen LogP contribution in [0.1, 0.15) is 41.6 Å². The second-order valence-electron chi connectivity index (χ2n) is 6.90. The maximum Gasteiger partial charge on any atom is 0.140 e. The van der Waals surface area contributed by atoms with Crippen LogP contribution in [0.4, 0.5) is 0 Å². The van der Waals surface area contributed by atoms with Gasteiger partial charge in [0.05, 0.1) is 23.1 Å². The van der Waals surface area contributed by atoms with Crippen molar-refractivity contribution < 1.29 is 0 Å². The molecule has 2 aromatic heterocycles. The summed E-state index contributed by atoms with van der Waals surface area (Å²) in [5.41, 5.74) is 7.29. The molecule has 2 aliphatic rings. The number of imidazole rings is 1. The molecule has 1 saturated carbocycles. The monoisotopic (exact) mass is 301 g/mol. The summed E-state index contributed by atoms with van der Waals surface area (Å²) in [4.78, 5) is 9.88. The second kappa shape index (κ2) is 4.54. The molecule has 114 valence electrons. The van der Waals surface area contributed by atoms with Crippen LogP contribution in [0.5, 0.6) is 0 Å². The molecule has 23 heavy (non-hydrogen) atoms. The van der Waals surface area contributed by atoms with E-state index >= 15 is 0 Å². The first kappa shape index (κ1) is 13.1. The average molecular weight is 301 g/mol. The van der Waals surface area contributed by atoms with Crippen LogP contribution in [-0.2, 0) is 6.42 Å². The molecule has 1 aliphatic heterocycles. The van der Waals surface area contributed by atoms with Crippen molar-refractivity contribution >= 4 is 11.4 Å². The molecule has 0 radical (unpaired) electrons. The van der Waals surface area contributed by atoms with Crippen molar-refractivity contribution in [3.05, 3.63) is 71.2 Å². The van der Waals surface area contributed by atoms with Crippen LogP contribution in [0.3, 0.4) is 0 Å². The lowest BCUT2D eigenvalue weighted by molar-refractivity contribution is 0.248. The van der Waals surface area contributed by atoms with Gasteiger partial charge in [0.25, 0.3) is 0 Å². The summed E-state index contributed by atoms with van der Waals surface area (Å²) in [6.07, 6.45) is 8.88. The lowest BCUT2D eigenvalue weighted by atomic mass is 9.70. The normalized spacial score (nSPS) is 18.6.